The van der Waals surface area contributed by atoms with Gasteiger partial charge in [0.2, 0.25) is 18.5 Å². The average molecular weight is 446 g/mol. The minimum absolute atomic E-state index is 0.0647. The molecule has 5 rings (SSSR count). The molecule has 2 aromatic carbocycles. The van der Waals surface area contributed by atoms with Crippen molar-refractivity contribution in [1.29, 1.82) is 0 Å². The lowest BCUT2D eigenvalue weighted by Crippen LogP contribution is -2.18. The summed E-state index contributed by atoms with van der Waals surface area (Å²) in [5.41, 5.74) is 2.28. The molecule has 0 saturated carbocycles. The molecule has 0 radical (unpaired) electrons. The summed E-state index contributed by atoms with van der Waals surface area (Å²) in [6, 6.07) is 12.8. The van der Waals surface area contributed by atoms with Crippen molar-refractivity contribution in [2.45, 2.75) is 13.5 Å². The first-order valence-electron chi connectivity index (χ1n) is 10.1. The molecule has 1 N–H and O–H groups in total. The zero-order valence-corrected chi connectivity index (χ0v) is 17.5. The maximum Gasteiger partial charge on any atom is 0.338 e. The Morgan fingerprint density at radius 2 is 2.03 bits per heavy atom. The highest BCUT2D eigenvalue weighted by atomic mass is 16.7. The second-order valence-corrected chi connectivity index (χ2v) is 7.42. The number of ether oxygens (including phenoxy) is 2. The molecule has 10 heteroatoms. The van der Waals surface area contributed by atoms with Crippen LogP contribution >= 0.6 is 0 Å². The Hall–Kier alpha value is -4.60. The number of nitrogens with one attached hydrogen (secondary N) is 1. The lowest BCUT2D eigenvalue weighted by Gasteiger charge is -2.08. The Labute approximate surface area is 187 Å². The maximum absolute atomic E-state index is 12.7. The van der Waals surface area contributed by atoms with Gasteiger partial charge in [-0.25, -0.2) is 0 Å². The third-order valence-electron chi connectivity index (χ3n) is 5.24. The highest BCUT2D eigenvalue weighted by Crippen LogP contribution is 2.34. The fourth-order valence-corrected chi connectivity index (χ4v) is 3.75. The number of para-hydroxylation sites is 1. The van der Waals surface area contributed by atoms with Crippen LogP contribution in [0.3, 0.4) is 0 Å². The maximum atomic E-state index is 12.7. The van der Waals surface area contributed by atoms with Crippen LogP contribution in [0.5, 0.6) is 11.5 Å². The quantitative estimate of drug-likeness (QED) is 0.344. The van der Waals surface area contributed by atoms with E-state index in [-0.39, 0.29) is 36.4 Å². The van der Waals surface area contributed by atoms with Gasteiger partial charge in [0.25, 0.3) is 0 Å². The number of rotatable bonds is 6. The molecular formula is C23H18N4O6. The summed E-state index contributed by atoms with van der Waals surface area (Å²) in [5.74, 6) is 1.08. The Balaban J connectivity index is 1.39. The lowest BCUT2D eigenvalue weighted by molar-refractivity contribution is -0.386. The number of hydrogen-bond donors (Lipinski definition) is 1. The smallest absolute Gasteiger partial charge is 0.338 e. The van der Waals surface area contributed by atoms with Crippen molar-refractivity contribution in [3.8, 4) is 11.5 Å². The SMILES string of the molecule is Cc1noc(/C=C/c2cn(CC(=O)Nc3ccc4c(c3)OCO4)c3ccccc23)c1[N+](=O)[O-]. The van der Waals surface area contributed by atoms with Crippen LogP contribution in [0.4, 0.5) is 11.4 Å². The second-order valence-electron chi connectivity index (χ2n) is 7.42. The number of nitro groups is 1. The lowest BCUT2D eigenvalue weighted by atomic mass is 10.1. The molecule has 0 bridgehead atoms. The molecule has 0 unspecified atom stereocenters. The fraction of sp³-hybridized carbons (Fsp3) is 0.130. The predicted molar refractivity (Wildman–Crippen MR) is 120 cm³/mol. The number of amides is 1. The number of aryl methyl sites for hydroxylation is 1. The Bertz CT molecular complexity index is 1420. The summed E-state index contributed by atoms with van der Waals surface area (Å²) in [5, 5.41) is 18.7. The molecule has 3 heterocycles. The summed E-state index contributed by atoms with van der Waals surface area (Å²) < 4.78 is 17.5. The largest absolute Gasteiger partial charge is 0.454 e. The van der Waals surface area contributed by atoms with Crippen LogP contribution in [0.25, 0.3) is 23.1 Å². The van der Waals surface area contributed by atoms with Crippen LogP contribution in [0.1, 0.15) is 17.0 Å². The number of hydrogen-bond acceptors (Lipinski definition) is 7. The Morgan fingerprint density at radius 1 is 1.21 bits per heavy atom. The van der Waals surface area contributed by atoms with Crippen molar-refractivity contribution in [3.63, 3.8) is 0 Å². The van der Waals surface area contributed by atoms with Crippen LogP contribution in [0.15, 0.2) is 53.2 Å². The van der Waals surface area contributed by atoms with Crippen LogP contribution in [0.2, 0.25) is 0 Å². The van der Waals surface area contributed by atoms with Crippen molar-refractivity contribution in [2.24, 2.45) is 0 Å². The van der Waals surface area contributed by atoms with E-state index < -0.39 is 4.92 Å². The van der Waals surface area contributed by atoms with E-state index in [1.54, 1.807) is 24.3 Å². The van der Waals surface area contributed by atoms with E-state index in [9.17, 15) is 14.9 Å². The monoisotopic (exact) mass is 446 g/mol. The molecule has 0 saturated heterocycles. The first kappa shape index (κ1) is 20.3. The molecule has 10 nitrogen and oxygen atoms in total. The Kier molecular flexibility index (Phi) is 5.02. The topological polar surface area (TPSA) is 122 Å². The summed E-state index contributed by atoms with van der Waals surface area (Å²) >= 11 is 0. The molecule has 4 aromatic rings. The summed E-state index contributed by atoms with van der Waals surface area (Å²) in [6.07, 6.45) is 5.04. The van der Waals surface area contributed by atoms with Gasteiger partial charge >= 0.3 is 5.69 Å². The first-order valence-corrected chi connectivity index (χ1v) is 10.1. The number of nitrogens with zero attached hydrogens (tertiary/aromatic N) is 3. The molecule has 33 heavy (non-hydrogen) atoms. The molecule has 1 aliphatic heterocycles. The van der Waals surface area contributed by atoms with Crippen molar-refractivity contribution in [2.75, 3.05) is 12.1 Å². The molecule has 0 spiro atoms. The van der Waals surface area contributed by atoms with Gasteiger partial charge in [0.1, 0.15) is 6.54 Å². The third-order valence-corrected chi connectivity index (χ3v) is 5.24. The van der Waals surface area contributed by atoms with Gasteiger partial charge in [-0.2, -0.15) is 0 Å². The van der Waals surface area contributed by atoms with Gasteiger partial charge in [-0.1, -0.05) is 23.4 Å². The third kappa shape index (κ3) is 3.89. The van der Waals surface area contributed by atoms with Gasteiger partial charge in [-0.3, -0.25) is 14.9 Å². The van der Waals surface area contributed by atoms with Gasteiger partial charge in [-0.15, -0.1) is 0 Å². The van der Waals surface area contributed by atoms with E-state index in [0.717, 1.165) is 16.5 Å². The zero-order valence-electron chi connectivity index (χ0n) is 17.5. The summed E-state index contributed by atoms with van der Waals surface area (Å²) in [6.45, 7) is 1.75. The molecule has 1 amide bonds. The van der Waals surface area contributed by atoms with Gasteiger partial charge in [-0.05, 0) is 37.3 Å². The van der Waals surface area contributed by atoms with Crippen LogP contribution < -0.4 is 14.8 Å². The van der Waals surface area contributed by atoms with Crippen molar-refractivity contribution >= 4 is 40.3 Å². The number of aromatic nitrogens is 2. The second kappa shape index (κ2) is 8.15. The van der Waals surface area contributed by atoms with Crippen molar-refractivity contribution in [1.82, 2.24) is 9.72 Å². The fourth-order valence-electron chi connectivity index (χ4n) is 3.75. The van der Waals surface area contributed by atoms with E-state index in [0.29, 0.717) is 17.2 Å². The van der Waals surface area contributed by atoms with Crippen LogP contribution in [-0.2, 0) is 11.3 Å². The normalized spacial score (nSPS) is 12.5. The first-order chi connectivity index (χ1) is 16.0. The van der Waals surface area contributed by atoms with E-state index in [1.165, 1.54) is 13.0 Å². The summed E-state index contributed by atoms with van der Waals surface area (Å²) in [7, 11) is 0. The average Bonchev–Trinajstić information content (AvgIpc) is 3.49. The number of carbonyl (C=O) groups is 1. The minimum Gasteiger partial charge on any atom is -0.454 e. The standard InChI is InChI=1S/C23H18N4O6/c1-14-23(27(29)30)20(33-25-14)8-6-15-11-26(18-5-3-2-4-17(15)18)12-22(28)24-16-7-9-19-21(10-16)32-13-31-19/h2-11H,12-13H2,1H3,(H,24,28)/b8-6+. The molecule has 0 fully saturated rings. The summed E-state index contributed by atoms with van der Waals surface area (Å²) in [4.78, 5) is 23.5. The molecule has 166 valence electrons. The number of carbonyl (C=O) groups excluding carboxylic acids is 1. The number of benzene rings is 2. The Morgan fingerprint density at radius 3 is 2.88 bits per heavy atom. The van der Waals surface area contributed by atoms with E-state index >= 15 is 0 Å². The van der Waals surface area contributed by atoms with Gasteiger partial charge in [0, 0.05) is 34.4 Å². The predicted octanol–water partition coefficient (Wildman–Crippen LogP) is 4.38. The molecule has 0 aliphatic carbocycles. The van der Waals surface area contributed by atoms with Gasteiger partial charge in [0.05, 0.1) is 4.92 Å². The van der Waals surface area contributed by atoms with Gasteiger partial charge in [0.15, 0.2) is 17.2 Å². The van der Waals surface area contributed by atoms with Crippen LogP contribution in [-0.4, -0.2) is 27.3 Å². The van der Waals surface area contributed by atoms with E-state index in [4.69, 9.17) is 14.0 Å². The van der Waals surface area contributed by atoms with Crippen molar-refractivity contribution in [3.05, 3.63) is 75.8 Å². The van der Waals surface area contributed by atoms with E-state index in [2.05, 4.69) is 10.5 Å². The van der Waals surface area contributed by atoms with E-state index in [1.807, 2.05) is 35.0 Å². The molecule has 1 aliphatic rings. The van der Waals surface area contributed by atoms with Crippen molar-refractivity contribution < 1.29 is 23.7 Å². The highest BCUT2D eigenvalue weighted by molar-refractivity contribution is 5.95. The molecular weight excluding hydrogens is 428 g/mol. The molecule has 0 atom stereocenters. The van der Waals surface area contributed by atoms with Crippen LogP contribution in [0, 0.1) is 17.0 Å². The molecule has 2 aromatic heterocycles. The number of fused-ring (bicyclic) bond motifs is 2. The highest BCUT2D eigenvalue weighted by Gasteiger charge is 2.22. The number of anilines is 1. The van der Waals surface area contributed by atoms with Gasteiger partial charge < -0.3 is 23.9 Å². The minimum atomic E-state index is -0.519. The zero-order chi connectivity index (χ0) is 22.9.